The first-order chi connectivity index (χ1) is 17.9. The second kappa shape index (κ2) is 10.2. The van der Waals surface area contributed by atoms with Crippen molar-refractivity contribution < 1.29 is 18.8 Å². The predicted molar refractivity (Wildman–Crippen MR) is 140 cm³/mol. The van der Waals surface area contributed by atoms with Crippen molar-refractivity contribution in [2.75, 3.05) is 18.2 Å². The van der Waals surface area contributed by atoms with E-state index in [0.29, 0.717) is 18.0 Å². The maximum atomic E-state index is 13.6. The molecule has 0 unspecified atom stereocenters. The Balaban J connectivity index is 1.48. The van der Waals surface area contributed by atoms with Gasteiger partial charge in [-0.1, -0.05) is 18.3 Å². The summed E-state index contributed by atoms with van der Waals surface area (Å²) in [5, 5.41) is 13.7. The topological polar surface area (TPSA) is 102 Å². The van der Waals surface area contributed by atoms with Crippen molar-refractivity contribution in [2.24, 2.45) is 4.99 Å². The number of fused-ring (bicyclic) bond motifs is 1. The number of carbonyl (C=O) groups is 1. The summed E-state index contributed by atoms with van der Waals surface area (Å²) in [4.78, 5) is 30.0. The van der Waals surface area contributed by atoms with Crippen LogP contribution in [0.5, 0.6) is 5.75 Å². The summed E-state index contributed by atoms with van der Waals surface area (Å²) in [5.41, 5.74) is 3.03. The second-order valence-electron chi connectivity index (χ2n) is 8.21. The number of nitrogens with one attached hydrogen (secondary N) is 1. The summed E-state index contributed by atoms with van der Waals surface area (Å²) < 4.78 is 21.1. The van der Waals surface area contributed by atoms with E-state index in [2.05, 4.69) is 10.3 Å². The summed E-state index contributed by atoms with van der Waals surface area (Å²) >= 11 is 0.798. The molecule has 0 saturated carbocycles. The number of carbonyl (C=O) groups excluding carboxylic acids is 1. The van der Waals surface area contributed by atoms with E-state index in [9.17, 15) is 19.3 Å². The normalized spacial score (nSPS) is 12.6. The Morgan fingerprint density at radius 1 is 1.11 bits per heavy atom. The van der Waals surface area contributed by atoms with Gasteiger partial charge in [-0.15, -0.1) is 0 Å². The van der Waals surface area contributed by atoms with Crippen LogP contribution in [0.3, 0.4) is 0 Å². The van der Waals surface area contributed by atoms with Gasteiger partial charge in [0.05, 0.1) is 27.7 Å². The number of thiophene rings is 1. The van der Waals surface area contributed by atoms with E-state index in [4.69, 9.17) is 4.74 Å². The molecule has 0 saturated heterocycles. The molecule has 2 aromatic carbocycles. The van der Waals surface area contributed by atoms with Crippen LogP contribution in [0, 0.1) is 15.9 Å². The number of rotatable bonds is 7. The Morgan fingerprint density at radius 2 is 1.84 bits per heavy atom. The molecule has 1 amide bonds. The number of aromatic nitrogens is 1. The number of nitrogens with zero attached hydrogens (tertiary/aromatic N) is 4. The highest BCUT2D eigenvalue weighted by molar-refractivity contribution is 7.17. The lowest BCUT2D eigenvalue weighted by atomic mass is 10.2. The molecule has 1 N–H and O–H groups in total. The van der Waals surface area contributed by atoms with Crippen LogP contribution in [0.4, 0.5) is 20.8 Å². The minimum Gasteiger partial charge on any atom is -0.494 e. The molecule has 9 nitrogen and oxygen atoms in total. The summed E-state index contributed by atoms with van der Waals surface area (Å²) in [6.45, 7) is 2.87. The van der Waals surface area contributed by atoms with E-state index in [1.807, 2.05) is 53.0 Å². The van der Waals surface area contributed by atoms with E-state index in [0.717, 1.165) is 40.6 Å². The number of halogens is 1. The Kier molecular flexibility index (Phi) is 6.69. The van der Waals surface area contributed by atoms with Crippen molar-refractivity contribution in [3.63, 3.8) is 0 Å². The molecule has 0 fully saturated rings. The van der Waals surface area contributed by atoms with E-state index in [1.165, 1.54) is 24.3 Å². The number of hydrogen-bond donors (Lipinski definition) is 1. The molecule has 37 heavy (non-hydrogen) atoms. The summed E-state index contributed by atoms with van der Waals surface area (Å²) in [6.07, 6.45) is 4.68. The average Bonchev–Trinajstić information content (AvgIpc) is 3.57. The maximum absolute atomic E-state index is 13.6. The maximum Gasteiger partial charge on any atom is 0.324 e. The highest BCUT2D eigenvalue weighted by Crippen LogP contribution is 2.34. The first-order valence-electron chi connectivity index (χ1n) is 11.5. The molecule has 3 heterocycles. The van der Waals surface area contributed by atoms with Gasteiger partial charge >= 0.3 is 5.00 Å². The van der Waals surface area contributed by atoms with E-state index in [1.54, 1.807) is 12.1 Å². The largest absolute Gasteiger partial charge is 0.494 e. The molecule has 1 aliphatic heterocycles. The van der Waals surface area contributed by atoms with Gasteiger partial charge < -0.3 is 19.5 Å². The van der Waals surface area contributed by atoms with Gasteiger partial charge in [0.2, 0.25) is 0 Å². The Hall–Kier alpha value is -4.51. The number of benzene rings is 2. The van der Waals surface area contributed by atoms with Crippen LogP contribution in [0.2, 0.25) is 0 Å². The zero-order valence-corrected chi connectivity index (χ0v) is 20.6. The fourth-order valence-electron chi connectivity index (χ4n) is 3.89. The fourth-order valence-corrected chi connectivity index (χ4v) is 4.61. The monoisotopic (exact) mass is 519 g/mol. The summed E-state index contributed by atoms with van der Waals surface area (Å²) in [7, 11) is 0. The number of amides is 1. The highest BCUT2D eigenvalue weighted by atomic mass is 32.1. The highest BCUT2D eigenvalue weighted by Gasteiger charge is 2.26. The van der Waals surface area contributed by atoms with Crippen LogP contribution in [0.25, 0.3) is 5.69 Å². The zero-order chi connectivity index (χ0) is 25.9. The van der Waals surface area contributed by atoms with E-state index < -0.39 is 10.8 Å². The van der Waals surface area contributed by atoms with Crippen LogP contribution < -0.4 is 15.0 Å². The number of ether oxygens (including phenoxy) is 1. The number of anilines is 2. The Bertz CT molecular complexity index is 1480. The molecule has 0 radical (unpaired) electrons. The standard InChI is InChI=1S/C26H22FN5O4S/c1-2-13-36-20-9-7-18(8-10-20)30-14-21-22(15-30)31(19-5-3-17(27)4-6-19)16-28-25(21)29-26(33)23-11-12-24(37-23)32(34)35/h3-12,14-15H,2,13,16H2,1H3,(H,28,29,33). The second-order valence-corrected chi connectivity index (χ2v) is 9.27. The minimum atomic E-state index is -0.531. The summed E-state index contributed by atoms with van der Waals surface area (Å²) in [6, 6.07) is 16.5. The van der Waals surface area contributed by atoms with Crippen molar-refractivity contribution in [2.45, 2.75) is 13.3 Å². The van der Waals surface area contributed by atoms with E-state index >= 15 is 0 Å². The minimum absolute atomic E-state index is 0.114. The summed E-state index contributed by atoms with van der Waals surface area (Å²) in [5.74, 6) is 0.291. The van der Waals surface area contributed by atoms with Gasteiger partial charge in [0.25, 0.3) is 5.91 Å². The van der Waals surface area contributed by atoms with Gasteiger partial charge in [-0.3, -0.25) is 14.9 Å². The molecule has 11 heteroatoms. The third-order valence-corrected chi connectivity index (χ3v) is 6.73. The number of nitro groups is 1. The molecular weight excluding hydrogens is 497 g/mol. The van der Waals surface area contributed by atoms with Crippen LogP contribution in [0.15, 0.2) is 78.0 Å². The van der Waals surface area contributed by atoms with Crippen LogP contribution in [-0.4, -0.2) is 34.5 Å². The molecule has 5 rings (SSSR count). The number of hydrogen-bond acceptors (Lipinski definition) is 7. The lowest BCUT2D eigenvalue weighted by Gasteiger charge is -2.27. The predicted octanol–water partition coefficient (Wildman–Crippen LogP) is 5.66. The zero-order valence-electron chi connectivity index (χ0n) is 19.8. The molecule has 2 aromatic heterocycles. The van der Waals surface area contributed by atoms with Crippen LogP contribution >= 0.6 is 11.3 Å². The van der Waals surface area contributed by atoms with Gasteiger partial charge in [-0.25, -0.2) is 9.38 Å². The van der Waals surface area contributed by atoms with Gasteiger partial charge in [-0.2, -0.15) is 0 Å². The number of amidine groups is 1. The quantitative estimate of drug-likeness (QED) is 0.251. The lowest BCUT2D eigenvalue weighted by Crippen LogP contribution is -2.35. The van der Waals surface area contributed by atoms with Gasteiger partial charge in [0, 0.05) is 29.8 Å². The Labute approximate surface area is 215 Å². The molecule has 1 aliphatic rings. The van der Waals surface area contributed by atoms with Crippen LogP contribution in [0.1, 0.15) is 28.6 Å². The van der Waals surface area contributed by atoms with Crippen molar-refractivity contribution in [3.8, 4) is 11.4 Å². The number of aliphatic imine (C=N–C) groups is 1. The smallest absolute Gasteiger partial charge is 0.324 e. The van der Waals surface area contributed by atoms with Crippen molar-refractivity contribution in [1.29, 1.82) is 0 Å². The van der Waals surface area contributed by atoms with E-state index in [-0.39, 0.29) is 22.4 Å². The molecular formula is C26H22FN5O4S. The third kappa shape index (κ3) is 5.07. The Morgan fingerprint density at radius 3 is 2.51 bits per heavy atom. The molecule has 4 aromatic rings. The third-order valence-electron chi connectivity index (χ3n) is 5.70. The molecule has 0 spiro atoms. The molecule has 0 atom stereocenters. The van der Waals surface area contributed by atoms with Crippen molar-refractivity contribution in [3.05, 3.63) is 99.4 Å². The molecule has 188 valence electrons. The van der Waals surface area contributed by atoms with Gasteiger partial charge in [-0.05, 0) is 61.0 Å². The van der Waals surface area contributed by atoms with Gasteiger partial charge in [0.1, 0.15) is 24.1 Å². The average molecular weight is 520 g/mol. The van der Waals surface area contributed by atoms with Crippen molar-refractivity contribution >= 4 is 39.5 Å². The fraction of sp³-hybridized carbons (Fsp3) is 0.154. The first kappa shape index (κ1) is 24.2. The first-order valence-corrected chi connectivity index (χ1v) is 12.3. The molecule has 0 bridgehead atoms. The lowest BCUT2D eigenvalue weighted by molar-refractivity contribution is -0.380. The van der Waals surface area contributed by atoms with Crippen molar-refractivity contribution in [1.82, 2.24) is 9.88 Å². The SMILES string of the molecule is CCCOc1ccc(-n2cc3c(c2)N(c2ccc(F)cc2)CN=C3NC(=O)c2ccc([N+](=O)[O-])s2)cc1. The molecule has 0 aliphatic carbocycles. The van der Waals surface area contributed by atoms with Gasteiger partial charge in [0.15, 0.2) is 0 Å². The van der Waals surface area contributed by atoms with Crippen LogP contribution in [-0.2, 0) is 0 Å².